The molecular weight excluding hydrogens is 154 g/mol. The highest BCUT2D eigenvalue weighted by molar-refractivity contribution is 4.62. The van der Waals surface area contributed by atoms with Crippen LogP contribution in [-0.4, -0.2) is 16.0 Å². The van der Waals surface area contributed by atoms with Gasteiger partial charge in [0.15, 0.2) is 0 Å². The van der Waals surface area contributed by atoms with Gasteiger partial charge in [0.05, 0.1) is 0 Å². The minimum atomic E-state index is -3.08. The van der Waals surface area contributed by atoms with Crippen LogP contribution in [0.5, 0.6) is 0 Å². The van der Waals surface area contributed by atoms with E-state index in [2.05, 4.69) is 0 Å². The van der Waals surface area contributed by atoms with Crippen molar-refractivity contribution < 1.29 is 18.6 Å². The fourth-order valence-corrected chi connectivity index (χ4v) is 0.236. The first-order chi connectivity index (χ1) is 4.46. The zero-order valence-corrected chi connectivity index (χ0v) is 4.36. The van der Waals surface area contributed by atoms with Crippen LogP contribution in [-0.2, 0) is 0 Å². The third kappa shape index (κ3) is 1.88. The molecule has 57 valence electrons. The Bertz CT molecular complexity index is 145. The maximum atomic E-state index is 11.2. The number of halogens is 2. The summed E-state index contributed by atoms with van der Waals surface area (Å²) in [4.78, 5) is 15.5. The van der Waals surface area contributed by atoms with Crippen LogP contribution < -0.4 is 0 Å². The molecule has 0 fully saturated rings. The summed E-state index contributed by atoms with van der Waals surface area (Å²) in [5, 5.41) is 18.9. The fourth-order valence-electron chi connectivity index (χ4n) is 0.236. The molecule has 0 spiro atoms. The van der Waals surface area contributed by atoms with E-state index in [1.807, 2.05) is 0 Å². The number of rotatable bonds is 3. The van der Waals surface area contributed by atoms with E-state index >= 15 is 0 Å². The molecule has 0 aromatic carbocycles. The molecule has 0 N–H and O–H groups in total. The summed E-state index contributed by atoms with van der Waals surface area (Å²) >= 11 is 0. The Morgan fingerprint density at radius 1 is 1.20 bits per heavy atom. The Hall–Kier alpha value is -1.34. The van der Waals surface area contributed by atoms with E-state index in [0.717, 1.165) is 0 Å². The van der Waals surface area contributed by atoms with Crippen molar-refractivity contribution in [1.82, 2.24) is 0 Å². The number of nitro groups is 2. The van der Waals surface area contributed by atoms with Crippen LogP contribution in [0.4, 0.5) is 8.78 Å². The molecule has 6 nitrogen and oxygen atoms in total. The highest BCUT2D eigenvalue weighted by Gasteiger charge is 2.45. The highest BCUT2D eigenvalue weighted by Crippen LogP contribution is 2.12. The molecule has 10 heavy (non-hydrogen) atoms. The standard InChI is InChI=1S/C2HF2N2O4/c3-1(4)2(5(7)8)6(9)10/h2H. The van der Waals surface area contributed by atoms with Crippen molar-refractivity contribution in [3.63, 3.8) is 0 Å². The summed E-state index contributed by atoms with van der Waals surface area (Å²) < 4.78 is 22.5. The minimum absolute atomic E-state index is 1.67. The van der Waals surface area contributed by atoms with E-state index in [0.29, 0.717) is 0 Å². The number of hydrogen-bond donors (Lipinski definition) is 0. The first-order valence-electron chi connectivity index (χ1n) is 1.91. The van der Waals surface area contributed by atoms with Crippen molar-refractivity contribution in [2.45, 2.75) is 6.17 Å². The molecule has 0 saturated heterocycles. The molecule has 0 atom stereocenters. The quantitative estimate of drug-likeness (QED) is 0.333. The molecule has 0 aliphatic carbocycles. The van der Waals surface area contributed by atoms with E-state index in [9.17, 15) is 29.0 Å². The van der Waals surface area contributed by atoms with Crippen molar-refractivity contribution >= 4 is 0 Å². The van der Waals surface area contributed by atoms with Crippen LogP contribution in [0.3, 0.4) is 0 Å². The van der Waals surface area contributed by atoms with Crippen LogP contribution in [0.15, 0.2) is 0 Å². The zero-order valence-electron chi connectivity index (χ0n) is 4.36. The second-order valence-electron chi connectivity index (χ2n) is 1.23. The maximum absolute atomic E-state index is 11.2. The molecule has 0 unspecified atom stereocenters. The Labute approximate surface area is 52.7 Å². The molecule has 0 aromatic rings. The summed E-state index contributed by atoms with van der Waals surface area (Å²) in [6.45, 7) is 0. The van der Waals surface area contributed by atoms with Crippen molar-refractivity contribution in [1.29, 1.82) is 0 Å². The number of nitrogens with zero attached hydrogens (tertiary/aromatic N) is 2. The lowest BCUT2D eigenvalue weighted by atomic mass is 10.6. The van der Waals surface area contributed by atoms with Gasteiger partial charge in [0.2, 0.25) is 0 Å². The van der Waals surface area contributed by atoms with Gasteiger partial charge >= 0.3 is 12.6 Å². The molecule has 0 aliphatic heterocycles. The van der Waals surface area contributed by atoms with Gasteiger partial charge in [-0.2, -0.15) is 8.78 Å². The number of hydrogen-bond acceptors (Lipinski definition) is 4. The summed E-state index contributed by atoms with van der Waals surface area (Å²) in [7, 11) is 0. The second kappa shape index (κ2) is 2.99. The van der Waals surface area contributed by atoms with Crippen molar-refractivity contribution in [3.05, 3.63) is 26.7 Å². The van der Waals surface area contributed by atoms with Crippen LogP contribution in [0.25, 0.3) is 0 Å². The van der Waals surface area contributed by atoms with Crippen molar-refractivity contribution in [2.24, 2.45) is 0 Å². The second-order valence-corrected chi connectivity index (χ2v) is 1.23. The van der Waals surface area contributed by atoms with Gasteiger partial charge in [-0.1, -0.05) is 0 Å². The first kappa shape index (κ1) is 8.66. The largest absolute Gasteiger partial charge is 0.518 e. The van der Waals surface area contributed by atoms with E-state index in [1.165, 1.54) is 0 Å². The lowest BCUT2D eigenvalue weighted by Crippen LogP contribution is -2.31. The van der Waals surface area contributed by atoms with Crippen molar-refractivity contribution in [2.75, 3.05) is 0 Å². The van der Waals surface area contributed by atoms with Gasteiger partial charge in [-0.15, -0.1) is 0 Å². The van der Waals surface area contributed by atoms with Gasteiger partial charge in [-0.25, -0.2) is 0 Å². The van der Waals surface area contributed by atoms with Gasteiger partial charge in [-0.3, -0.25) is 20.2 Å². The van der Waals surface area contributed by atoms with E-state index < -0.39 is 22.4 Å². The molecule has 0 rings (SSSR count). The van der Waals surface area contributed by atoms with Gasteiger partial charge in [-0.05, 0) is 0 Å². The smallest absolute Gasteiger partial charge is 0.258 e. The lowest BCUT2D eigenvalue weighted by Gasteiger charge is -1.96. The van der Waals surface area contributed by atoms with E-state index in [-0.39, 0.29) is 0 Å². The average molecular weight is 155 g/mol. The average Bonchev–Trinajstić information content (AvgIpc) is 1.59. The van der Waals surface area contributed by atoms with Gasteiger partial charge < -0.3 is 0 Å². The molecule has 0 aliphatic rings. The molecule has 0 bridgehead atoms. The zero-order chi connectivity index (χ0) is 8.31. The predicted octanol–water partition coefficient (Wildman–Crippen LogP) is 0.294. The Morgan fingerprint density at radius 2 is 1.50 bits per heavy atom. The topological polar surface area (TPSA) is 86.3 Å². The minimum Gasteiger partial charge on any atom is -0.258 e. The highest BCUT2D eigenvalue weighted by atomic mass is 19.3. The first-order valence-corrected chi connectivity index (χ1v) is 1.91. The summed E-state index contributed by atoms with van der Waals surface area (Å²) in [6.07, 6.45) is -5.91. The molecule has 0 heterocycles. The van der Waals surface area contributed by atoms with Crippen LogP contribution >= 0.6 is 0 Å². The molecular formula is C2HF2N2O4. The maximum Gasteiger partial charge on any atom is 0.518 e. The molecule has 8 heteroatoms. The Balaban J connectivity index is 4.27. The third-order valence-corrected chi connectivity index (χ3v) is 0.595. The fraction of sp³-hybridized carbons (Fsp3) is 0.500. The van der Waals surface area contributed by atoms with Crippen LogP contribution in [0.1, 0.15) is 0 Å². The normalized spacial score (nSPS) is 10.4. The molecule has 1 radical (unpaired) electrons. The van der Waals surface area contributed by atoms with Crippen LogP contribution in [0.2, 0.25) is 0 Å². The van der Waals surface area contributed by atoms with Gasteiger partial charge in [0.25, 0.3) is 0 Å². The molecule has 0 saturated carbocycles. The predicted molar refractivity (Wildman–Crippen MR) is 23.2 cm³/mol. The van der Waals surface area contributed by atoms with E-state index in [1.54, 1.807) is 0 Å². The Morgan fingerprint density at radius 3 is 1.50 bits per heavy atom. The van der Waals surface area contributed by atoms with Gasteiger partial charge in [0, 0.05) is 0 Å². The van der Waals surface area contributed by atoms with Crippen molar-refractivity contribution in [3.8, 4) is 0 Å². The summed E-state index contributed by atoms with van der Waals surface area (Å²) in [5.41, 5.74) is 0. The SMILES string of the molecule is O=[N+]([O-])C([C](F)F)[N+](=O)[O-]. The Kier molecular flexibility index (Phi) is 2.59. The van der Waals surface area contributed by atoms with Crippen LogP contribution in [0, 0.1) is 26.7 Å². The monoisotopic (exact) mass is 155 g/mol. The third-order valence-electron chi connectivity index (χ3n) is 0.595. The van der Waals surface area contributed by atoms with E-state index in [4.69, 9.17) is 0 Å². The lowest BCUT2D eigenvalue weighted by molar-refractivity contribution is -0.743. The molecule has 0 aromatic heterocycles. The molecule has 0 amide bonds. The summed E-state index contributed by atoms with van der Waals surface area (Å²) in [6, 6.07) is 0. The van der Waals surface area contributed by atoms with Gasteiger partial charge in [0.1, 0.15) is 9.85 Å². The summed E-state index contributed by atoms with van der Waals surface area (Å²) in [5.74, 6) is 0.